The smallest absolute Gasteiger partial charge is 0.469 e. The Hall–Kier alpha value is -13.6. The van der Waals surface area contributed by atoms with Crippen molar-refractivity contribution in [3.05, 3.63) is 82.4 Å². The number of hydrogen-bond acceptors (Lipinski definition) is 26. The number of carbonyl (C=O) groups excluding carboxylic acids is 11. The Kier molecular flexibility index (Phi) is 31.8. The van der Waals surface area contributed by atoms with E-state index in [0.717, 1.165) is 18.3 Å². The van der Waals surface area contributed by atoms with Crippen LogP contribution in [0.2, 0.25) is 0 Å². The highest BCUT2D eigenvalue weighted by Crippen LogP contribution is 2.57. The molecule has 10 amide bonds. The number of anilines is 2. The van der Waals surface area contributed by atoms with E-state index >= 15 is 0 Å². The molecule has 2 heterocycles. The molecule has 3 aromatic rings. The molecule has 1 spiro atoms. The molecule has 0 aromatic heterocycles. The Balaban J connectivity index is 1.35. The number of rotatable bonds is 44. The fourth-order valence-corrected chi connectivity index (χ4v) is 11.4. The van der Waals surface area contributed by atoms with Gasteiger partial charge in [0, 0.05) is 80.5 Å². The van der Waals surface area contributed by atoms with E-state index in [1.807, 2.05) is 43.3 Å². The zero-order valence-corrected chi connectivity index (χ0v) is 61.4. The summed E-state index contributed by atoms with van der Waals surface area (Å²) in [5, 5.41) is 105. The Morgan fingerprint density at radius 1 is 0.465 bits per heavy atom. The van der Waals surface area contributed by atoms with E-state index in [2.05, 4.69) is 20.5 Å². The van der Waals surface area contributed by atoms with Crippen molar-refractivity contribution in [3.8, 4) is 11.5 Å². The molecule has 2 aliphatic rings. The standard InChI is InChI=1S/C65H80N15O33P/c1-26(69-54(97)34(7-6-14-68-64(66)67)70-53(96)27-8-11-31-30(15-27)63(107)113-65(31)32-12-9-28(79(2)3)16-43(32)112-44-17-29(80(4)5)10-13-33(44)65)52(95)71-35(18-45(81)82)55(98)75-40(23-50(91)92)60(103)78-42(25-111-114(108,109)110)61(104)76-38(21-48(87)88)58(101)73-36(19-46(83)84)56(99)72-37(20-47(85)86)57(100)74-39(22-49(89)90)59(102)77-41(62(105)106)24-51(93)94/h8-13,15-17,26,34-42H,6-7,14,18-25H2,1-5H3,(H,69,97)(H,70,96)(H,71,95)(H,72,99)(H,73,101)(H,74,100)(H,75,98)(H,76,104)(H,77,102)(H,78,103)(H,81,82)(H,83,84)(H,85,86)(H,87,88)(H,89,90)(H,91,92)(H,93,94)(H,105,106)(H4,66,67,68)(H2,108,109,110)/t26-,34-,35-,36-,37-,38-,39-,40-,41-,42-/m0/s1. The first kappa shape index (κ1) is 91.0. The van der Waals surface area contributed by atoms with Gasteiger partial charge in [-0.1, -0.05) is 6.07 Å². The lowest BCUT2D eigenvalue weighted by Gasteiger charge is -2.37. The van der Waals surface area contributed by atoms with E-state index in [-0.39, 0.29) is 30.5 Å². The van der Waals surface area contributed by atoms with Crippen molar-refractivity contribution in [2.45, 2.75) is 131 Å². The maximum absolute atomic E-state index is 14.3. The highest BCUT2D eigenvalue weighted by atomic mass is 31.2. The lowest BCUT2D eigenvalue weighted by Crippen LogP contribution is -2.61. The van der Waals surface area contributed by atoms with Crippen LogP contribution in [0, 0.1) is 5.41 Å². The largest absolute Gasteiger partial charge is 0.481 e. The van der Waals surface area contributed by atoms with Gasteiger partial charge in [-0.3, -0.25) is 91.4 Å². The quantitative estimate of drug-likeness (QED) is 0.00823. The predicted molar refractivity (Wildman–Crippen MR) is 378 cm³/mol. The van der Waals surface area contributed by atoms with Crippen molar-refractivity contribution in [2.75, 3.05) is 51.1 Å². The van der Waals surface area contributed by atoms with Crippen LogP contribution in [0.5, 0.6) is 11.5 Å². The van der Waals surface area contributed by atoms with Crippen LogP contribution in [-0.2, 0) is 101 Å². The first-order valence-corrected chi connectivity index (χ1v) is 34.9. The highest BCUT2D eigenvalue weighted by molar-refractivity contribution is 7.46. The SMILES string of the molecule is C[C@H](NC(=O)[C@H](CCCNC(=N)N)NC(=O)c1ccc2c(c1)C(=O)OC21c2ccc(N(C)C)cc2Oc2cc(N(C)C)ccc21)C(=O)N[C@@H](CC(=O)O)C(=O)N[C@@H](CC(=O)O)C(=O)N[C@@H](COP(=O)(O)O)C(=O)N[C@@H](CC(=O)O)C(=O)N[C@@H](CC(=O)O)C(=O)N[C@@H](CC(=O)O)C(=O)N[C@@H](CC(=O)O)C(=O)N[C@@H](CC(=O)O)C(=O)O. The number of nitrogens with zero attached hydrogens (tertiary/aromatic N) is 2. The first-order valence-electron chi connectivity index (χ1n) is 33.4. The number of esters is 1. The number of nitrogens with two attached hydrogens (primary N) is 1. The summed E-state index contributed by atoms with van der Waals surface area (Å²) < 4.78 is 29.0. The molecule has 0 bridgehead atoms. The van der Waals surface area contributed by atoms with Gasteiger partial charge >= 0.3 is 61.5 Å². The number of carbonyl (C=O) groups is 19. The van der Waals surface area contributed by atoms with Crippen LogP contribution in [0.1, 0.15) is 102 Å². The third-order valence-electron chi connectivity index (χ3n) is 16.5. The number of phosphoric ester groups is 1. The molecule has 0 radical (unpaired) electrons. The fourth-order valence-electron chi connectivity index (χ4n) is 11.1. The van der Waals surface area contributed by atoms with Gasteiger partial charge in [0.15, 0.2) is 11.6 Å². The molecule has 5 rings (SSSR count). The first-order chi connectivity index (χ1) is 53.1. The van der Waals surface area contributed by atoms with Crippen LogP contribution in [0.4, 0.5) is 11.4 Å². The molecule has 114 heavy (non-hydrogen) atoms. The summed E-state index contributed by atoms with van der Waals surface area (Å²) in [5.74, 6) is -32.3. The molecular weight excluding hydrogens is 1550 g/mol. The van der Waals surface area contributed by atoms with E-state index in [1.54, 1.807) is 73.6 Å². The monoisotopic (exact) mass is 1630 g/mol. The van der Waals surface area contributed by atoms with Crippen molar-refractivity contribution in [3.63, 3.8) is 0 Å². The predicted octanol–water partition coefficient (Wildman–Crippen LogP) is -6.35. The maximum Gasteiger partial charge on any atom is 0.469 e. The molecule has 0 saturated heterocycles. The fraction of sp³-hybridized carbons (Fsp3) is 0.415. The van der Waals surface area contributed by atoms with Gasteiger partial charge in [-0.25, -0.2) is 14.2 Å². The van der Waals surface area contributed by atoms with Crippen molar-refractivity contribution < 1.29 is 160 Å². The summed E-state index contributed by atoms with van der Waals surface area (Å²) in [5.41, 5.74) is 6.32. The van der Waals surface area contributed by atoms with Crippen LogP contribution in [0.25, 0.3) is 0 Å². The zero-order valence-electron chi connectivity index (χ0n) is 60.5. The molecule has 618 valence electrons. The van der Waals surface area contributed by atoms with E-state index in [9.17, 15) is 141 Å². The van der Waals surface area contributed by atoms with Gasteiger partial charge < -0.3 is 134 Å². The molecule has 49 heteroatoms. The zero-order chi connectivity index (χ0) is 85.7. The molecule has 0 saturated carbocycles. The van der Waals surface area contributed by atoms with Crippen LogP contribution in [-0.4, -0.2) is 271 Å². The van der Waals surface area contributed by atoms with Crippen molar-refractivity contribution in [2.24, 2.45) is 5.73 Å². The van der Waals surface area contributed by atoms with Crippen LogP contribution in [0.15, 0.2) is 54.6 Å². The summed E-state index contributed by atoms with van der Waals surface area (Å²) in [4.78, 5) is 270. The van der Waals surface area contributed by atoms with Gasteiger partial charge in [-0.2, -0.15) is 0 Å². The molecule has 0 aliphatic carbocycles. The normalized spacial score (nSPS) is 14.7. The van der Waals surface area contributed by atoms with Crippen LogP contribution in [0.3, 0.4) is 0 Å². The number of guanidine groups is 1. The minimum Gasteiger partial charge on any atom is -0.481 e. The number of ether oxygens (including phenoxy) is 2. The second-order valence-electron chi connectivity index (χ2n) is 25.6. The Morgan fingerprint density at radius 3 is 1.15 bits per heavy atom. The summed E-state index contributed by atoms with van der Waals surface area (Å²) in [6.45, 7) is -0.769. The summed E-state index contributed by atoms with van der Waals surface area (Å²) in [6, 6.07) is -8.58. The molecule has 0 unspecified atom stereocenters. The lowest BCUT2D eigenvalue weighted by atomic mass is 9.77. The molecule has 48 nitrogen and oxygen atoms in total. The van der Waals surface area contributed by atoms with Gasteiger partial charge in [0.2, 0.25) is 53.2 Å². The Labute approximate surface area is 641 Å². The molecule has 3 aromatic carbocycles. The number of hydrogen-bond donors (Lipinski definition) is 23. The van der Waals surface area contributed by atoms with E-state index < -0.39 is 244 Å². The number of carboxylic acids is 8. The molecule has 0 fully saturated rings. The van der Waals surface area contributed by atoms with Crippen molar-refractivity contribution >= 4 is 138 Å². The number of carboxylic acid groups (broad SMARTS) is 8. The van der Waals surface area contributed by atoms with Crippen molar-refractivity contribution in [1.29, 1.82) is 5.41 Å². The van der Waals surface area contributed by atoms with Crippen LogP contribution < -0.4 is 78.8 Å². The van der Waals surface area contributed by atoms with Gasteiger partial charge in [0.25, 0.3) is 5.91 Å². The summed E-state index contributed by atoms with van der Waals surface area (Å²) in [7, 11) is 1.49. The van der Waals surface area contributed by atoms with Gasteiger partial charge in [-0.15, -0.1) is 0 Å². The third-order valence-corrected chi connectivity index (χ3v) is 17.0. The second kappa shape index (κ2) is 39.8. The minimum absolute atomic E-state index is 0.00830. The highest BCUT2D eigenvalue weighted by Gasteiger charge is 2.54. The lowest BCUT2D eigenvalue weighted by molar-refractivity contribution is -0.148. The topological polar surface area (TPSA) is 760 Å². The van der Waals surface area contributed by atoms with Gasteiger partial charge in [0.1, 0.15) is 71.9 Å². The Morgan fingerprint density at radius 2 is 0.798 bits per heavy atom. The average Bonchev–Trinajstić information content (AvgIpc) is 1.50. The number of phosphoric acid groups is 1. The van der Waals surface area contributed by atoms with Gasteiger partial charge in [-0.05, 0) is 56.2 Å². The molecule has 24 N–H and O–H groups in total. The number of amides is 10. The molecule has 10 atom stereocenters. The Bertz CT molecular complexity index is 4340. The van der Waals surface area contributed by atoms with E-state index in [4.69, 9.17) is 25.7 Å². The minimum atomic E-state index is -5.77. The third kappa shape index (κ3) is 26.0. The summed E-state index contributed by atoms with van der Waals surface area (Å²) in [6.07, 6.45) is -10.6. The molecular formula is C65H80N15O33P. The van der Waals surface area contributed by atoms with E-state index in [1.165, 1.54) is 18.2 Å². The molecule has 2 aliphatic heterocycles. The maximum atomic E-state index is 14.3. The van der Waals surface area contributed by atoms with Gasteiger partial charge in [0.05, 0.1) is 57.1 Å². The second-order valence-corrected chi connectivity index (χ2v) is 26.9. The number of nitrogens with one attached hydrogen (secondary N) is 12. The average molecular weight is 1630 g/mol. The number of fused-ring (bicyclic) bond motifs is 6. The summed E-state index contributed by atoms with van der Waals surface area (Å²) >= 11 is 0. The number of aliphatic carboxylic acids is 8. The van der Waals surface area contributed by atoms with E-state index in [0.29, 0.717) is 28.2 Å². The van der Waals surface area contributed by atoms with Crippen molar-refractivity contribution in [1.82, 2.24) is 58.5 Å². The number of benzene rings is 3. The van der Waals surface area contributed by atoms with Crippen LogP contribution >= 0.6 is 7.82 Å².